The molecule has 0 atom stereocenters. The standard InChI is InChI=1S/C20H20N2OS/c1-5-10-22-18-15(4)11-14(3)12-17(18)24-20(22)21-19(23)16-8-6-13(2)7-9-16/h5-9,11-12H,1,10H2,2-4H3. The Balaban J connectivity index is 2.19. The fourth-order valence-electron chi connectivity index (χ4n) is 2.82. The van der Waals surface area contributed by atoms with Gasteiger partial charge < -0.3 is 4.57 Å². The van der Waals surface area contributed by atoms with Crippen molar-refractivity contribution < 1.29 is 4.79 Å². The van der Waals surface area contributed by atoms with Crippen molar-refractivity contribution >= 4 is 27.5 Å². The normalized spacial score (nSPS) is 11.9. The number of thiazole rings is 1. The molecule has 3 aromatic rings. The first kappa shape index (κ1) is 16.4. The van der Waals surface area contributed by atoms with E-state index < -0.39 is 0 Å². The largest absolute Gasteiger partial charge is 0.312 e. The van der Waals surface area contributed by atoms with E-state index in [1.165, 1.54) is 11.1 Å². The third kappa shape index (κ3) is 3.10. The van der Waals surface area contributed by atoms with E-state index in [1.54, 1.807) is 11.3 Å². The van der Waals surface area contributed by atoms with Crippen molar-refractivity contribution in [2.45, 2.75) is 27.3 Å². The number of hydrogen-bond donors (Lipinski definition) is 0. The highest BCUT2D eigenvalue weighted by Gasteiger charge is 2.11. The Labute approximate surface area is 145 Å². The second-order valence-electron chi connectivity index (χ2n) is 6.00. The topological polar surface area (TPSA) is 34.4 Å². The molecule has 0 spiro atoms. The number of nitrogens with zero attached hydrogens (tertiary/aromatic N) is 2. The van der Waals surface area contributed by atoms with Crippen LogP contribution < -0.4 is 4.80 Å². The Hall–Kier alpha value is -2.46. The van der Waals surface area contributed by atoms with Crippen molar-refractivity contribution in [3.05, 3.63) is 76.1 Å². The molecule has 1 amide bonds. The van der Waals surface area contributed by atoms with Crippen LogP contribution in [0.3, 0.4) is 0 Å². The van der Waals surface area contributed by atoms with E-state index in [2.05, 4.69) is 42.1 Å². The highest BCUT2D eigenvalue weighted by atomic mass is 32.1. The number of hydrogen-bond acceptors (Lipinski definition) is 2. The summed E-state index contributed by atoms with van der Waals surface area (Å²) in [6, 6.07) is 11.8. The molecule has 0 saturated carbocycles. The maximum absolute atomic E-state index is 12.5. The molecule has 0 aliphatic heterocycles. The molecule has 1 heterocycles. The average molecular weight is 336 g/mol. The first-order valence-corrected chi connectivity index (χ1v) is 8.68. The summed E-state index contributed by atoms with van der Waals surface area (Å²) in [5, 5.41) is 0. The lowest BCUT2D eigenvalue weighted by Crippen LogP contribution is -2.16. The molecule has 0 radical (unpaired) electrons. The molecule has 0 bridgehead atoms. The minimum atomic E-state index is -0.214. The molecule has 0 aliphatic carbocycles. The van der Waals surface area contributed by atoms with Crippen molar-refractivity contribution in [3.8, 4) is 0 Å². The molecular weight excluding hydrogens is 316 g/mol. The van der Waals surface area contributed by atoms with Gasteiger partial charge in [-0.1, -0.05) is 41.2 Å². The summed E-state index contributed by atoms with van der Waals surface area (Å²) in [5.41, 5.74) is 5.26. The number of allylic oxidation sites excluding steroid dienone is 1. The molecule has 0 unspecified atom stereocenters. The zero-order valence-electron chi connectivity index (χ0n) is 14.2. The van der Waals surface area contributed by atoms with Gasteiger partial charge in [0.05, 0.1) is 10.2 Å². The van der Waals surface area contributed by atoms with Gasteiger partial charge in [-0.2, -0.15) is 4.99 Å². The molecule has 3 nitrogen and oxygen atoms in total. The zero-order valence-corrected chi connectivity index (χ0v) is 15.0. The van der Waals surface area contributed by atoms with Crippen LogP contribution in [0.4, 0.5) is 0 Å². The van der Waals surface area contributed by atoms with Gasteiger partial charge in [0, 0.05) is 12.1 Å². The fourth-order valence-corrected chi connectivity index (χ4v) is 4.04. The van der Waals surface area contributed by atoms with Gasteiger partial charge in [-0.3, -0.25) is 4.79 Å². The third-order valence-corrected chi connectivity index (χ3v) is 4.94. The Morgan fingerprint density at radius 1 is 1.17 bits per heavy atom. The Morgan fingerprint density at radius 3 is 2.54 bits per heavy atom. The Bertz CT molecular complexity index is 991. The summed E-state index contributed by atoms with van der Waals surface area (Å²) in [4.78, 5) is 17.6. The van der Waals surface area contributed by atoms with Crippen LogP contribution in [-0.4, -0.2) is 10.5 Å². The highest BCUT2D eigenvalue weighted by Crippen LogP contribution is 2.23. The van der Waals surface area contributed by atoms with E-state index in [0.717, 1.165) is 15.8 Å². The van der Waals surface area contributed by atoms with Crippen molar-refractivity contribution in [2.24, 2.45) is 4.99 Å². The van der Waals surface area contributed by atoms with E-state index in [1.807, 2.05) is 37.3 Å². The van der Waals surface area contributed by atoms with Crippen LogP contribution in [0.2, 0.25) is 0 Å². The van der Waals surface area contributed by atoms with Crippen molar-refractivity contribution in [2.75, 3.05) is 0 Å². The van der Waals surface area contributed by atoms with Crippen LogP contribution in [0.15, 0.2) is 54.0 Å². The second-order valence-corrected chi connectivity index (χ2v) is 7.00. The van der Waals surface area contributed by atoms with E-state index >= 15 is 0 Å². The van der Waals surface area contributed by atoms with Crippen LogP contribution >= 0.6 is 11.3 Å². The van der Waals surface area contributed by atoms with E-state index in [4.69, 9.17) is 0 Å². The average Bonchev–Trinajstić information content (AvgIpc) is 2.85. The van der Waals surface area contributed by atoms with Crippen LogP contribution in [0.25, 0.3) is 10.2 Å². The first-order valence-electron chi connectivity index (χ1n) is 7.87. The molecule has 0 fully saturated rings. The number of carbonyl (C=O) groups is 1. The molecular formula is C20H20N2OS. The molecule has 122 valence electrons. The highest BCUT2D eigenvalue weighted by molar-refractivity contribution is 7.16. The van der Waals surface area contributed by atoms with E-state index in [0.29, 0.717) is 16.9 Å². The van der Waals surface area contributed by atoms with Gasteiger partial charge in [0.25, 0.3) is 5.91 Å². The van der Waals surface area contributed by atoms with E-state index in [-0.39, 0.29) is 5.91 Å². The van der Waals surface area contributed by atoms with Crippen molar-refractivity contribution in [1.82, 2.24) is 4.57 Å². The second kappa shape index (κ2) is 6.57. The fraction of sp³-hybridized carbons (Fsp3) is 0.200. The number of fused-ring (bicyclic) bond motifs is 1. The first-order chi connectivity index (χ1) is 11.5. The predicted octanol–water partition coefficient (Wildman–Crippen LogP) is 4.56. The Morgan fingerprint density at radius 2 is 1.88 bits per heavy atom. The molecule has 1 aromatic heterocycles. The number of benzene rings is 2. The van der Waals surface area contributed by atoms with Gasteiger partial charge in [-0.05, 0) is 50.1 Å². The minimum Gasteiger partial charge on any atom is -0.312 e. The molecule has 3 rings (SSSR count). The summed E-state index contributed by atoms with van der Waals surface area (Å²) < 4.78 is 3.21. The lowest BCUT2D eigenvalue weighted by molar-refractivity contribution is 0.0998. The van der Waals surface area contributed by atoms with Gasteiger partial charge >= 0.3 is 0 Å². The predicted molar refractivity (Wildman–Crippen MR) is 101 cm³/mol. The van der Waals surface area contributed by atoms with Gasteiger partial charge in [0.2, 0.25) is 0 Å². The van der Waals surface area contributed by atoms with Crippen molar-refractivity contribution in [1.29, 1.82) is 0 Å². The quantitative estimate of drug-likeness (QED) is 0.646. The number of rotatable bonds is 3. The molecule has 4 heteroatoms. The summed E-state index contributed by atoms with van der Waals surface area (Å²) in [6.07, 6.45) is 1.83. The summed E-state index contributed by atoms with van der Waals surface area (Å²) in [7, 11) is 0. The molecule has 2 aromatic carbocycles. The molecule has 0 N–H and O–H groups in total. The van der Waals surface area contributed by atoms with Crippen LogP contribution in [0, 0.1) is 20.8 Å². The number of amides is 1. The van der Waals surface area contributed by atoms with Crippen molar-refractivity contribution in [3.63, 3.8) is 0 Å². The number of aromatic nitrogens is 1. The molecule has 0 aliphatic rings. The zero-order chi connectivity index (χ0) is 17.3. The van der Waals surface area contributed by atoms with Gasteiger partial charge in [0.1, 0.15) is 0 Å². The monoisotopic (exact) mass is 336 g/mol. The van der Waals surface area contributed by atoms with Crippen LogP contribution in [0.5, 0.6) is 0 Å². The lowest BCUT2D eigenvalue weighted by atomic mass is 10.1. The van der Waals surface area contributed by atoms with Crippen LogP contribution in [0.1, 0.15) is 27.0 Å². The summed E-state index contributed by atoms with van der Waals surface area (Å²) >= 11 is 1.55. The smallest absolute Gasteiger partial charge is 0.279 e. The van der Waals surface area contributed by atoms with Crippen LogP contribution in [-0.2, 0) is 6.54 Å². The number of carbonyl (C=O) groups excluding carboxylic acids is 1. The molecule has 24 heavy (non-hydrogen) atoms. The summed E-state index contributed by atoms with van der Waals surface area (Å²) in [5.74, 6) is -0.214. The minimum absolute atomic E-state index is 0.214. The van der Waals surface area contributed by atoms with E-state index in [9.17, 15) is 4.79 Å². The third-order valence-electron chi connectivity index (χ3n) is 3.92. The maximum atomic E-state index is 12.5. The van der Waals surface area contributed by atoms with Gasteiger partial charge in [-0.25, -0.2) is 0 Å². The lowest BCUT2D eigenvalue weighted by Gasteiger charge is -2.05. The molecule has 0 saturated heterocycles. The number of aryl methyl sites for hydroxylation is 3. The Kier molecular flexibility index (Phi) is 4.49. The maximum Gasteiger partial charge on any atom is 0.279 e. The van der Waals surface area contributed by atoms with Gasteiger partial charge in [0.15, 0.2) is 4.80 Å². The van der Waals surface area contributed by atoms with Gasteiger partial charge in [-0.15, -0.1) is 6.58 Å². The SMILES string of the molecule is C=CCn1c(=NC(=O)c2ccc(C)cc2)sc2cc(C)cc(C)c21. The summed E-state index contributed by atoms with van der Waals surface area (Å²) in [6.45, 7) is 10.6.